The summed E-state index contributed by atoms with van der Waals surface area (Å²) in [6.45, 7) is 6.74. The lowest BCUT2D eigenvalue weighted by Crippen LogP contribution is -2.62. The minimum Gasteiger partial charge on any atom is -0.462 e. The van der Waals surface area contributed by atoms with Gasteiger partial charge in [0.2, 0.25) is 11.8 Å². The van der Waals surface area contributed by atoms with Crippen molar-refractivity contribution in [1.82, 2.24) is 10.2 Å². The summed E-state index contributed by atoms with van der Waals surface area (Å²) >= 11 is 2.82. The van der Waals surface area contributed by atoms with E-state index in [9.17, 15) is 14.4 Å². The van der Waals surface area contributed by atoms with Crippen LogP contribution < -0.4 is 10.6 Å². The molecule has 1 saturated heterocycles. The molecule has 2 aromatic rings. The molecule has 9 heteroatoms. The Balaban J connectivity index is 1.81. The van der Waals surface area contributed by atoms with E-state index in [2.05, 4.69) is 10.6 Å². The lowest BCUT2D eigenvalue weighted by Gasteiger charge is -2.40. The number of rotatable bonds is 6. The van der Waals surface area contributed by atoms with E-state index in [1.807, 2.05) is 27.8 Å². The van der Waals surface area contributed by atoms with Crippen molar-refractivity contribution in [3.8, 4) is 10.4 Å². The Labute approximate surface area is 171 Å². The highest BCUT2D eigenvalue weighted by molar-refractivity contribution is 7.17. The van der Waals surface area contributed by atoms with Crippen LogP contribution in [0.5, 0.6) is 0 Å². The van der Waals surface area contributed by atoms with Crippen LogP contribution in [0.1, 0.15) is 31.1 Å². The highest BCUT2D eigenvalue weighted by Crippen LogP contribution is 2.38. The van der Waals surface area contributed by atoms with Crippen LogP contribution in [-0.4, -0.2) is 54.5 Å². The number of piperazine rings is 1. The van der Waals surface area contributed by atoms with Gasteiger partial charge in [0, 0.05) is 28.9 Å². The number of thiophene rings is 2. The number of carbonyl (C=O) groups is 3. The summed E-state index contributed by atoms with van der Waals surface area (Å²) in [6.07, 6.45) is 0. The molecular formula is C19H23N3O4S2. The first-order valence-electron chi connectivity index (χ1n) is 9.00. The van der Waals surface area contributed by atoms with Crippen LogP contribution in [0.4, 0.5) is 5.00 Å². The van der Waals surface area contributed by atoms with Gasteiger partial charge >= 0.3 is 5.97 Å². The molecule has 0 unspecified atom stereocenters. The van der Waals surface area contributed by atoms with E-state index in [0.29, 0.717) is 23.7 Å². The molecule has 2 N–H and O–H groups in total. The number of nitrogens with zero attached hydrogens (tertiary/aromatic N) is 1. The zero-order chi connectivity index (χ0) is 20.3. The van der Waals surface area contributed by atoms with Gasteiger partial charge in [-0.3, -0.25) is 14.5 Å². The summed E-state index contributed by atoms with van der Waals surface area (Å²) in [4.78, 5) is 40.1. The number of amides is 2. The molecule has 3 heterocycles. The Hall–Kier alpha value is -2.23. The molecule has 7 nitrogen and oxygen atoms in total. The fraction of sp³-hybridized carbons (Fsp3) is 0.421. The van der Waals surface area contributed by atoms with Crippen molar-refractivity contribution in [3.63, 3.8) is 0 Å². The molecule has 0 aliphatic carbocycles. The van der Waals surface area contributed by atoms with Crippen LogP contribution in [-0.2, 0) is 14.3 Å². The van der Waals surface area contributed by atoms with Gasteiger partial charge in [0.05, 0.1) is 18.7 Å². The Morgan fingerprint density at radius 2 is 2.14 bits per heavy atom. The van der Waals surface area contributed by atoms with Crippen molar-refractivity contribution in [3.05, 3.63) is 28.5 Å². The lowest BCUT2D eigenvalue weighted by atomic mass is 9.99. The SMILES string of the molecule is CCOC(=O)c1c(-c2cccs2)csc1NC(=O)CN1CCNC(=O)C1(C)C. The zero-order valence-corrected chi connectivity index (χ0v) is 17.7. The van der Waals surface area contributed by atoms with E-state index in [1.54, 1.807) is 20.8 Å². The number of anilines is 1. The smallest absolute Gasteiger partial charge is 0.341 e. The van der Waals surface area contributed by atoms with Crippen LogP contribution in [0, 0.1) is 0 Å². The molecule has 0 bridgehead atoms. The van der Waals surface area contributed by atoms with Crippen LogP contribution in [0.2, 0.25) is 0 Å². The molecule has 1 fully saturated rings. The van der Waals surface area contributed by atoms with Gasteiger partial charge in [-0.25, -0.2) is 4.79 Å². The van der Waals surface area contributed by atoms with Crippen LogP contribution >= 0.6 is 22.7 Å². The van der Waals surface area contributed by atoms with E-state index >= 15 is 0 Å². The second-order valence-electron chi connectivity index (χ2n) is 6.84. The Kier molecular flexibility index (Phi) is 6.17. The van der Waals surface area contributed by atoms with Gasteiger partial charge in [-0.1, -0.05) is 6.07 Å². The molecule has 0 saturated carbocycles. The third-order valence-corrected chi connectivity index (χ3v) is 6.46. The molecule has 0 atom stereocenters. The van der Waals surface area contributed by atoms with Gasteiger partial charge in [0.15, 0.2) is 0 Å². The van der Waals surface area contributed by atoms with Gasteiger partial charge in [-0.2, -0.15) is 0 Å². The van der Waals surface area contributed by atoms with Crippen molar-refractivity contribution in [2.75, 3.05) is 31.6 Å². The molecule has 0 aromatic carbocycles. The first-order chi connectivity index (χ1) is 13.3. The molecule has 2 amide bonds. The zero-order valence-electron chi connectivity index (χ0n) is 16.0. The monoisotopic (exact) mass is 421 g/mol. The quantitative estimate of drug-likeness (QED) is 0.701. The minimum atomic E-state index is -0.767. The summed E-state index contributed by atoms with van der Waals surface area (Å²) < 4.78 is 5.20. The van der Waals surface area contributed by atoms with E-state index < -0.39 is 11.5 Å². The van der Waals surface area contributed by atoms with Crippen LogP contribution in [0.3, 0.4) is 0 Å². The average molecular weight is 422 g/mol. The predicted molar refractivity (Wildman–Crippen MR) is 111 cm³/mol. The fourth-order valence-electron chi connectivity index (χ4n) is 3.03. The third-order valence-electron chi connectivity index (χ3n) is 4.66. The van der Waals surface area contributed by atoms with E-state index in [1.165, 1.54) is 22.7 Å². The Bertz CT molecular complexity index is 874. The average Bonchev–Trinajstić information content (AvgIpc) is 3.29. The summed E-state index contributed by atoms with van der Waals surface area (Å²) in [5.74, 6) is -0.831. The van der Waals surface area contributed by atoms with Gasteiger partial charge in [0.25, 0.3) is 0 Å². The van der Waals surface area contributed by atoms with Crippen molar-refractivity contribution in [1.29, 1.82) is 0 Å². The number of carbonyl (C=O) groups excluding carboxylic acids is 3. The van der Waals surface area contributed by atoms with Crippen molar-refractivity contribution in [2.24, 2.45) is 0 Å². The third kappa shape index (κ3) is 4.11. The first kappa shape index (κ1) is 20.5. The molecular weight excluding hydrogens is 398 g/mol. The van der Waals surface area contributed by atoms with Crippen LogP contribution in [0.25, 0.3) is 10.4 Å². The van der Waals surface area contributed by atoms with Gasteiger partial charge in [0.1, 0.15) is 10.6 Å². The second-order valence-corrected chi connectivity index (χ2v) is 8.66. The molecule has 1 aliphatic rings. The minimum absolute atomic E-state index is 0.0644. The van der Waals surface area contributed by atoms with Gasteiger partial charge in [-0.05, 0) is 32.2 Å². The molecule has 3 rings (SSSR count). The largest absolute Gasteiger partial charge is 0.462 e. The van der Waals surface area contributed by atoms with E-state index in [4.69, 9.17) is 4.74 Å². The molecule has 0 radical (unpaired) electrons. The molecule has 0 spiro atoms. The highest BCUT2D eigenvalue weighted by Gasteiger charge is 2.38. The maximum absolute atomic E-state index is 12.7. The van der Waals surface area contributed by atoms with Crippen molar-refractivity contribution in [2.45, 2.75) is 26.3 Å². The number of hydrogen-bond donors (Lipinski definition) is 2. The van der Waals surface area contributed by atoms with E-state index in [-0.39, 0.29) is 25.0 Å². The summed E-state index contributed by atoms with van der Waals surface area (Å²) in [5, 5.41) is 9.91. The molecule has 28 heavy (non-hydrogen) atoms. The standard InChI is InChI=1S/C19H23N3O4S2/c1-4-26-17(24)15-12(13-6-5-9-27-13)11-28-16(15)21-14(23)10-22-8-7-20-18(25)19(22,2)3/h5-6,9,11H,4,7-8,10H2,1-3H3,(H,20,25)(H,21,23). The topological polar surface area (TPSA) is 87.7 Å². The first-order valence-corrected chi connectivity index (χ1v) is 10.8. The van der Waals surface area contributed by atoms with Crippen molar-refractivity contribution < 1.29 is 19.1 Å². The maximum atomic E-state index is 12.7. The summed E-state index contributed by atoms with van der Waals surface area (Å²) in [7, 11) is 0. The fourth-order valence-corrected chi connectivity index (χ4v) is 4.82. The second kappa shape index (κ2) is 8.42. The molecule has 1 aliphatic heterocycles. The van der Waals surface area contributed by atoms with Gasteiger partial charge < -0.3 is 15.4 Å². The summed E-state index contributed by atoms with van der Waals surface area (Å²) in [5.41, 5.74) is 0.363. The van der Waals surface area contributed by atoms with Gasteiger partial charge in [-0.15, -0.1) is 22.7 Å². The van der Waals surface area contributed by atoms with E-state index in [0.717, 1.165) is 10.4 Å². The molecule has 2 aromatic heterocycles. The number of hydrogen-bond acceptors (Lipinski definition) is 7. The van der Waals surface area contributed by atoms with Crippen LogP contribution in [0.15, 0.2) is 22.9 Å². The predicted octanol–water partition coefficient (Wildman–Crippen LogP) is 2.80. The Morgan fingerprint density at radius 3 is 2.82 bits per heavy atom. The normalized spacial score (nSPS) is 16.5. The summed E-state index contributed by atoms with van der Waals surface area (Å²) in [6, 6.07) is 3.84. The lowest BCUT2D eigenvalue weighted by molar-refractivity contribution is -0.136. The number of nitrogens with one attached hydrogen (secondary N) is 2. The Morgan fingerprint density at radius 1 is 1.36 bits per heavy atom. The highest BCUT2D eigenvalue weighted by atomic mass is 32.1. The number of esters is 1. The van der Waals surface area contributed by atoms with Crippen molar-refractivity contribution >= 4 is 45.5 Å². The number of ether oxygens (including phenoxy) is 1. The molecule has 150 valence electrons. The maximum Gasteiger partial charge on any atom is 0.341 e.